The average molecular weight is 979 g/mol. The van der Waals surface area contributed by atoms with Crippen molar-refractivity contribution in [1.82, 2.24) is 0 Å². The molecular formula is C63H46Br2O. The third-order valence-corrected chi connectivity index (χ3v) is 13.4. The molecule has 0 heterocycles. The molecule has 3 heteroatoms. The minimum absolute atomic E-state index is 0.0612. The zero-order valence-electron chi connectivity index (χ0n) is 36.5. The van der Waals surface area contributed by atoms with Crippen LogP contribution in [-0.2, 0) is 5.41 Å². The molecule has 1 nitrogen and oxygen atoms in total. The molecule has 0 aromatic heterocycles. The fourth-order valence-corrected chi connectivity index (χ4v) is 9.67. The fourth-order valence-electron chi connectivity index (χ4n) is 8.90. The van der Waals surface area contributed by atoms with Crippen LogP contribution >= 0.6 is 31.9 Å². The van der Waals surface area contributed by atoms with Crippen molar-refractivity contribution in [1.29, 1.82) is 0 Å². The summed E-state index contributed by atoms with van der Waals surface area (Å²) in [6, 6.07) is 90.4. The Balaban J connectivity index is 0.000000138. The molecule has 10 aromatic rings. The van der Waals surface area contributed by atoms with Crippen LogP contribution in [0, 0.1) is 6.92 Å². The SMILES string of the molecule is Brc1ccc(-c2ccc(C3(c4ccccc4)c4ccccc4-c4ccccc43)cc2)cc1.Brc1ccccc1-c1ccccc1.Cc1ccc(-c2ccc(C(=O)c3ccccc3)cc2)cc1. The third-order valence-electron chi connectivity index (χ3n) is 12.2. The van der Waals surface area contributed by atoms with Gasteiger partial charge in [-0.1, -0.05) is 280 Å². The summed E-state index contributed by atoms with van der Waals surface area (Å²) in [5, 5.41) is 0. The van der Waals surface area contributed by atoms with Crippen LogP contribution in [0.5, 0.6) is 0 Å². The van der Waals surface area contributed by atoms with Crippen molar-refractivity contribution < 1.29 is 4.79 Å². The Morgan fingerprint density at radius 2 is 0.712 bits per heavy atom. The summed E-state index contributed by atoms with van der Waals surface area (Å²) in [5.74, 6) is 0.0612. The number of carbonyl (C=O) groups is 1. The fraction of sp³-hybridized carbons (Fsp3) is 0.0317. The van der Waals surface area contributed by atoms with E-state index in [-0.39, 0.29) is 11.2 Å². The van der Waals surface area contributed by atoms with Crippen LogP contribution < -0.4 is 0 Å². The predicted molar refractivity (Wildman–Crippen MR) is 283 cm³/mol. The first-order chi connectivity index (χ1) is 32.4. The highest BCUT2D eigenvalue weighted by Crippen LogP contribution is 2.56. The van der Waals surface area contributed by atoms with E-state index in [0.29, 0.717) is 0 Å². The number of hydrogen-bond donors (Lipinski definition) is 0. The van der Waals surface area contributed by atoms with Crippen molar-refractivity contribution in [2.24, 2.45) is 0 Å². The Bertz CT molecular complexity index is 3130. The van der Waals surface area contributed by atoms with Gasteiger partial charge in [0.25, 0.3) is 0 Å². The first kappa shape index (κ1) is 44.1. The van der Waals surface area contributed by atoms with Crippen molar-refractivity contribution in [3.05, 3.63) is 309 Å². The monoisotopic (exact) mass is 976 g/mol. The number of fused-ring (bicyclic) bond motifs is 3. The molecule has 0 unspecified atom stereocenters. The van der Waals surface area contributed by atoms with E-state index in [1.54, 1.807) is 0 Å². The maximum atomic E-state index is 12.3. The molecule has 0 radical (unpaired) electrons. The second-order valence-corrected chi connectivity index (χ2v) is 18.0. The number of aryl methyl sites for hydroxylation is 1. The Labute approximate surface area is 405 Å². The third kappa shape index (κ3) is 9.32. The molecule has 0 fully saturated rings. The minimum Gasteiger partial charge on any atom is -0.289 e. The predicted octanol–water partition coefficient (Wildman–Crippen LogP) is 17.5. The van der Waals surface area contributed by atoms with Crippen molar-refractivity contribution in [3.63, 3.8) is 0 Å². The van der Waals surface area contributed by atoms with Crippen LogP contribution in [0.4, 0.5) is 0 Å². The molecule has 0 saturated carbocycles. The van der Waals surface area contributed by atoms with E-state index in [1.165, 1.54) is 66.8 Å². The first-order valence-electron chi connectivity index (χ1n) is 22.1. The second kappa shape index (κ2) is 20.3. The lowest BCUT2D eigenvalue weighted by Gasteiger charge is -2.34. The van der Waals surface area contributed by atoms with Crippen molar-refractivity contribution in [2.45, 2.75) is 12.3 Å². The van der Waals surface area contributed by atoms with E-state index in [2.05, 4.69) is 227 Å². The van der Waals surface area contributed by atoms with E-state index in [9.17, 15) is 4.79 Å². The summed E-state index contributed by atoms with van der Waals surface area (Å²) in [6.07, 6.45) is 0. The van der Waals surface area contributed by atoms with Crippen LogP contribution in [-0.4, -0.2) is 5.78 Å². The molecule has 1 aliphatic carbocycles. The van der Waals surface area contributed by atoms with Gasteiger partial charge in [-0.3, -0.25) is 4.79 Å². The normalized spacial score (nSPS) is 11.7. The smallest absolute Gasteiger partial charge is 0.193 e. The van der Waals surface area contributed by atoms with Crippen LogP contribution in [0.1, 0.15) is 43.7 Å². The Morgan fingerprint density at radius 3 is 1.24 bits per heavy atom. The topological polar surface area (TPSA) is 17.1 Å². The van der Waals surface area contributed by atoms with E-state index < -0.39 is 0 Å². The lowest BCUT2D eigenvalue weighted by atomic mass is 9.67. The van der Waals surface area contributed by atoms with Gasteiger partial charge in [0.2, 0.25) is 0 Å². The zero-order chi connectivity index (χ0) is 45.3. The average Bonchev–Trinajstić information content (AvgIpc) is 3.69. The van der Waals surface area contributed by atoms with Crippen molar-refractivity contribution >= 4 is 37.6 Å². The van der Waals surface area contributed by atoms with E-state index in [1.807, 2.05) is 72.8 Å². The molecule has 0 N–H and O–H groups in total. The van der Waals surface area contributed by atoms with Gasteiger partial charge in [-0.25, -0.2) is 0 Å². The molecule has 318 valence electrons. The van der Waals surface area contributed by atoms with Gasteiger partial charge in [0.05, 0.1) is 5.41 Å². The maximum absolute atomic E-state index is 12.3. The summed E-state index contributed by atoms with van der Waals surface area (Å²) < 4.78 is 2.24. The summed E-state index contributed by atoms with van der Waals surface area (Å²) in [7, 11) is 0. The number of benzene rings is 10. The zero-order valence-corrected chi connectivity index (χ0v) is 39.7. The number of ketones is 1. The maximum Gasteiger partial charge on any atom is 0.193 e. The Hall–Kier alpha value is -7.17. The van der Waals surface area contributed by atoms with Gasteiger partial charge >= 0.3 is 0 Å². The van der Waals surface area contributed by atoms with Crippen LogP contribution in [0.3, 0.4) is 0 Å². The largest absolute Gasteiger partial charge is 0.289 e. The lowest BCUT2D eigenvalue weighted by molar-refractivity contribution is 0.103. The number of rotatable bonds is 7. The number of hydrogen-bond acceptors (Lipinski definition) is 1. The summed E-state index contributed by atoms with van der Waals surface area (Å²) >= 11 is 7.07. The Kier molecular flexibility index (Phi) is 13.6. The van der Waals surface area contributed by atoms with Crippen LogP contribution in [0.25, 0.3) is 44.5 Å². The van der Waals surface area contributed by atoms with Gasteiger partial charge < -0.3 is 0 Å². The molecule has 0 spiro atoms. The summed E-state index contributed by atoms with van der Waals surface area (Å²) in [4.78, 5) is 12.3. The van der Waals surface area contributed by atoms with Gasteiger partial charge in [0.15, 0.2) is 5.78 Å². The Morgan fingerprint density at radius 1 is 0.333 bits per heavy atom. The van der Waals surface area contributed by atoms with Gasteiger partial charge in [0, 0.05) is 20.1 Å². The van der Waals surface area contributed by atoms with E-state index in [4.69, 9.17) is 0 Å². The molecular weight excluding hydrogens is 932 g/mol. The molecule has 10 aromatic carbocycles. The lowest BCUT2D eigenvalue weighted by Crippen LogP contribution is -2.28. The highest BCUT2D eigenvalue weighted by Gasteiger charge is 2.45. The van der Waals surface area contributed by atoms with Crippen LogP contribution in [0.2, 0.25) is 0 Å². The molecule has 11 rings (SSSR count). The van der Waals surface area contributed by atoms with Crippen molar-refractivity contribution in [2.75, 3.05) is 0 Å². The van der Waals surface area contributed by atoms with Gasteiger partial charge in [-0.2, -0.15) is 0 Å². The second-order valence-electron chi connectivity index (χ2n) is 16.3. The van der Waals surface area contributed by atoms with Gasteiger partial charge in [0.1, 0.15) is 0 Å². The summed E-state index contributed by atoms with van der Waals surface area (Å²) in [5.41, 5.74) is 17.5. The van der Waals surface area contributed by atoms with E-state index >= 15 is 0 Å². The molecule has 1 aliphatic rings. The molecule has 0 amide bonds. The van der Waals surface area contributed by atoms with Crippen LogP contribution in [0.15, 0.2) is 270 Å². The highest BCUT2D eigenvalue weighted by atomic mass is 79.9. The van der Waals surface area contributed by atoms with Gasteiger partial charge in [-0.15, -0.1) is 0 Å². The van der Waals surface area contributed by atoms with Crippen molar-refractivity contribution in [3.8, 4) is 44.5 Å². The number of carbonyl (C=O) groups excluding carboxylic acids is 1. The molecule has 0 saturated heterocycles. The molecule has 66 heavy (non-hydrogen) atoms. The molecule has 0 aliphatic heterocycles. The standard InChI is InChI=1S/C31H21Br.C20H16O.C12H9Br/c32-26-20-16-23(17-21-26)22-14-18-25(19-15-22)31(24-8-2-1-3-9-24)29-12-6-4-10-27(29)28-11-5-7-13-30(28)31;1-15-7-9-16(10-8-15)17-11-13-19(14-12-17)20(21)18-5-3-2-4-6-18;13-12-9-5-4-8-11(12)10-6-2-1-3-7-10/h1-21H;2-14H,1H3;1-9H. The molecule has 0 bridgehead atoms. The summed E-state index contributed by atoms with van der Waals surface area (Å²) in [6.45, 7) is 2.07. The molecule has 0 atom stereocenters. The highest BCUT2D eigenvalue weighted by molar-refractivity contribution is 9.10. The van der Waals surface area contributed by atoms with E-state index in [0.717, 1.165) is 25.6 Å². The minimum atomic E-state index is -0.327. The number of halogens is 2. The quantitative estimate of drug-likeness (QED) is 0.145. The first-order valence-corrected chi connectivity index (χ1v) is 23.7. The van der Waals surface area contributed by atoms with Gasteiger partial charge in [-0.05, 0) is 91.9 Å².